The molecule has 0 radical (unpaired) electrons. The van der Waals surface area contributed by atoms with E-state index in [1.807, 2.05) is 6.92 Å². The summed E-state index contributed by atoms with van der Waals surface area (Å²) in [7, 11) is 0. The first-order valence-electron chi connectivity index (χ1n) is 5.45. The largest absolute Gasteiger partial charge is 0.465 e. The first kappa shape index (κ1) is 11.2. The average Bonchev–Trinajstić information content (AvgIpc) is 2.18. The second kappa shape index (κ2) is 5.78. The monoisotopic (exact) mass is 198 g/mol. The van der Waals surface area contributed by atoms with Gasteiger partial charge in [-0.3, -0.25) is 9.59 Å². The maximum Gasteiger partial charge on any atom is 0.316 e. The predicted molar refractivity (Wildman–Crippen MR) is 52.8 cm³/mol. The van der Waals surface area contributed by atoms with Crippen LogP contribution >= 0.6 is 0 Å². The van der Waals surface area contributed by atoms with Crippen LogP contribution in [0.2, 0.25) is 0 Å². The summed E-state index contributed by atoms with van der Waals surface area (Å²) in [6, 6.07) is 0. The number of rotatable bonds is 4. The highest BCUT2D eigenvalue weighted by Crippen LogP contribution is 2.21. The van der Waals surface area contributed by atoms with Crippen molar-refractivity contribution in [2.75, 3.05) is 6.61 Å². The van der Waals surface area contributed by atoms with Gasteiger partial charge in [0.1, 0.15) is 11.7 Å². The fraction of sp³-hybridized carbons (Fsp3) is 0.818. The van der Waals surface area contributed by atoms with E-state index in [-0.39, 0.29) is 11.8 Å². The summed E-state index contributed by atoms with van der Waals surface area (Å²) < 4.78 is 5.03. The lowest BCUT2D eigenvalue weighted by Gasteiger charge is -2.18. The zero-order valence-corrected chi connectivity index (χ0v) is 8.75. The first-order valence-corrected chi connectivity index (χ1v) is 5.45. The van der Waals surface area contributed by atoms with Crippen LogP contribution in [0.3, 0.4) is 0 Å². The molecule has 0 aromatic heterocycles. The number of unbranched alkanes of at least 4 members (excludes halogenated alkanes) is 1. The topological polar surface area (TPSA) is 43.4 Å². The van der Waals surface area contributed by atoms with Crippen molar-refractivity contribution in [3.05, 3.63) is 0 Å². The van der Waals surface area contributed by atoms with Crippen LogP contribution in [0.4, 0.5) is 0 Å². The number of ether oxygens (including phenoxy) is 1. The Morgan fingerprint density at radius 1 is 1.50 bits per heavy atom. The van der Waals surface area contributed by atoms with Gasteiger partial charge in [-0.1, -0.05) is 19.8 Å². The van der Waals surface area contributed by atoms with Gasteiger partial charge in [0.05, 0.1) is 6.61 Å². The summed E-state index contributed by atoms with van der Waals surface area (Å²) in [5.74, 6) is -0.693. The highest BCUT2D eigenvalue weighted by Gasteiger charge is 2.29. The van der Waals surface area contributed by atoms with Gasteiger partial charge in [0.15, 0.2) is 0 Å². The number of esters is 1. The van der Waals surface area contributed by atoms with E-state index in [1.165, 1.54) is 0 Å². The molecule has 1 aliphatic carbocycles. The summed E-state index contributed by atoms with van der Waals surface area (Å²) in [5.41, 5.74) is 0. The van der Waals surface area contributed by atoms with E-state index in [9.17, 15) is 9.59 Å². The Hall–Kier alpha value is -0.860. The third kappa shape index (κ3) is 3.13. The second-order valence-corrected chi connectivity index (χ2v) is 3.79. The van der Waals surface area contributed by atoms with Crippen LogP contribution in [-0.2, 0) is 14.3 Å². The Morgan fingerprint density at radius 2 is 2.29 bits per heavy atom. The molecule has 3 nitrogen and oxygen atoms in total. The second-order valence-electron chi connectivity index (χ2n) is 3.79. The number of hydrogen-bond acceptors (Lipinski definition) is 3. The molecule has 80 valence electrons. The summed E-state index contributed by atoms with van der Waals surface area (Å²) in [4.78, 5) is 22.8. The zero-order valence-electron chi connectivity index (χ0n) is 8.75. The lowest BCUT2D eigenvalue weighted by Crippen LogP contribution is -2.29. The van der Waals surface area contributed by atoms with Crippen LogP contribution in [-0.4, -0.2) is 18.4 Å². The van der Waals surface area contributed by atoms with Gasteiger partial charge in [-0.05, 0) is 19.3 Å². The van der Waals surface area contributed by atoms with E-state index < -0.39 is 5.92 Å². The van der Waals surface area contributed by atoms with Crippen LogP contribution in [0.25, 0.3) is 0 Å². The molecular weight excluding hydrogens is 180 g/mol. The molecule has 0 aliphatic heterocycles. The smallest absolute Gasteiger partial charge is 0.316 e. The highest BCUT2D eigenvalue weighted by molar-refractivity contribution is 5.99. The number of ketones is 1. The minimum absolute atomic E-state index is 0.0674. The Morgan fingerprint density at radius 3 is 2.93 bits per heavy atom. The normalized spacial score (nSPS) is 22.1. The number of hydrogen-bond donors (Lipinski definition) is 0. The maximum atomic E-state index is 11.4. The fourth-order valence-corrected chi connectivity index (χ4v) is 1.65. The fourth-order valence-electron chi connectivity index (χ4n) is 1.65. The van der Waals surface area contributed by atoms with Crippen molar-refractivity contribution < 1.29 is 14.3 Å². The predicted octanol–water partition coefficient (Wildman–Crippen LogP) is 2.09. The summed E-state index contributed by atoms with van der Waals surface area (Å²) in [6.07, 6.45) is 5.02. The van der Waals surface area contributed by atoms with E-state index in [0.29, 0.717) is 19.4 Å². The Balaban J connectivity index is 2.31. The third-order valence-corrected chi connectivity index (χ3v) is 2.58. The summed E-state index contributed by atoms with van der Waals surface area (Å²) in [5, 5.41) is 0. The maximum absolute atomic E-state index is 11.4. The quantitative estimate of drug-likeness (QED) is 0.394. The molecular formula is C11H18O3. The van der Waals surface area contributed by atoms with Crippen molar-refractivity contribution in [3.8, 4) is 0 Å². The molecule has 0 aromatic rings. The van der Waals surface area contributed by atoms with Crippen LogP contribution < -0.4 is 0 Å². The molecule has 0 saturated heterocycles. The average molecular weight is 198 g/mol. The standard InChI is InChI=1S/C11H18O3/c1-2-3-8-14-11(13)9-6-4-5-7-10(9)12/h9H,2-8H2,1H3/t9-/m0/s1. The first-order chi connectivity index (χ1) is 6.75. The third-order valence-electron chi connectivity index (χ3n) is 2.58. The van der Waals surface area contributed by atoms with Crippen molar-refractivity contribution >= 4 is 11.8 Å². The van der Waals surface area contributed by atoms with E-state index in [0.717, 1.165) is 25.7 Å². The van der Waals surface area contributed by atoms with Crippen molar-refractivity contribution in [2.24, 2.45) is 5.92 Å². The molecule has 0 bridgehead atoms. The lowest BCUT2D eigenvalue weighted by atomic mass is 9.88. The summed E-state index contributed by atoms with van der Waals surface area (Å²) >= 11 is 0. The van der Waals surface area contributed by atoms with Gasteiger partial charge >= 0.3 is 5.97 Å². The van der Waals surface area contributed by atoms with Gasteiger partial charge in [-0.15, -0.1) is 0 Å². The molecule has 0 unspecified atom stereocenters. The van der Waals surface area contributed by atoms with E-state index in [4.69, 9.17) is 4.74 Å². The molecule has 14 heavy (non-hydrogen) atoms. The van der Waals surface area contributed by atoms with Crippen molar-refractivity contribution in [2.45, 2.75) is 45.4 Å². The van der Waals surface area contributed by atoms with Crippen molar-refractivity contribution in [3.63, 3.8) is 0 Å². The molecule has 1 fully saturated rings. The van der Waals surface area contributed by atoms with E-state index in [2.05, 4.69) is 0 Å². The van der Waals surface area contributed by atoms with Crippen LogP contribution in [0.5, 0.6) is 0 Å². The van der Waals surface area contributed by atoms with Gasteiger partial charge in [0.25, 0.3) is 0 Å². The van der Waals surface area contributed by atoms with Crippen molar-refractivity contribution in [1.29, 1.82) is 0 Å². The van der Waals surface area contributed by atoms with Gasteiger partial charge in [0.2, 0.25) is 0 Å². The number of carbonyl (C=O) groups is 2. The molecule has 0 spiro atoms. The molecule has 1 atom stereocenters. The lowest BCUT2D eigenvalue weighted by molar-refractivity contribution is -0.153. The molecule has 1 rings (SSSR count). The number of Topliss-reactive ketones (excluding diaryl/α,β-unsaturated/α-hetero) is 1. The number of carbonyl (C=O) groups excluding carboxylic acids is 2. The Bertz CT molecular complexity index is 211. The van der Waals surface area contributed by atoms with Crippen LogP contribution in [0.15, 0.2) is 0 Å². The highest BCUT2D eigenvalue weighted by atomic mass is 16.5. The van der Waals surface area contributed by atoms with Gasteiger partial charge in [-0.25, -0.2) is 0 Å². The molecule has 0 heterocycles. The van der Waals surface area contributed by atoms with Gasteiger partial charge in [0, 0.05) is 6.42 Å². The van der Waals surface area contributed by atoms with Crippen LogP contribution in [0, 0.1) is 5.92 Å². The summed E-state index contributed by atoms with van der Waals surface area (Å²) in [6.45, 7) is 2.50. The Labute approximate surface area is 84.8 Å². The SMILES string of the molecule is CCCCOC(=O)[C@H]1CCCCC1=O. The molecule has 0 N–H and O–H groups in total. The van der Waals surface area contributed by atoms with Gasteiger partial charge < -0.3 is 4.74 Å². The van der Waals surface area contributed by atoms with Crippen LogP contribution in [0.1, 0.15) is 45.4 Å². The molecule has 3 heteroatoms. The van der Waals surface area contributed by atoms with E-state index in [1.54, 1.807) is 0 Å². The van der Waals surface area contributed by atoms with Crippen molar-refractivity contribution in [1.82, 2.24) is 0 Å². The molecule has 0 amide bonds. The molecule has 0 aromatic carbocycles. The van der Waals surface area contributed by atoms with E-state index >= 15 is 0 Å². The minimum Gasteiger partial charge on any atom is -0.465 e. The molecule has 1 aliphatic rings. The molecule has 1 saturated carbocycles. The van der Waals surface area contributed by atoms with Gasteiger partial charge in [-0.2, -0.15) is 0 Å². The Kier molecular flexibility index (Phi) is 4.63. The zero-order chi connectivity index (χ0) is 10.4. The minimum atomic E-state index is -0.458.